The Morgan fingerprint density at radius 2 is 1.45 bits per heavy atom. The monoisotopic (exact) mass is 260 g/mol. The molecule has 3 aromatic carbocycles. The summed E-state index contributed by atoms with van der Waals surface area (Å²) < 4.78 is 22.7. The van der Waals surface area contributed by atoms with Crippen molar-refractivity contribution in [3.8, 4) is 0 Å². The summed E-state index contributed by atoms with van der Waals surface area (Å²) in [6, 6.07) is 22.7. The largest absolute Gasteiger partial charge is 0.456 e. The van der Waals surface area contributed by atoms with Gasteiger partial charge in [-0.25, -0.2) is 0 Å². The minimum Gasteiger partial charge on any atom is -0.456 e. The molecule has 0 saturated carbocycles. The van der Waals surface area contributed by atoms with E-state index in [-0.39, 0.29) is 0 Å². The fourth-order valence-corrected chi connectivity index (χ4v) is 2.49. The Balaban J connectivity index is 1.91. The van der Waals surface area contributed by atoms with Gasteiger partial charge in [0.05, 0.1) is 0 Å². The average Bonchev–Trinajstić information content (AvgIpc) is 2.93. The van der Waals surface area contributed by atoms with E-state index in [9.17, 15) is 0 Å². The van der Waals surface area contributed by atoms with Gasteiger partial charge in [0, 0.05) is 13.5 Å². The molecule has 1 nitrogen and oxygen atoms in total. The van der Waals surface area contributed by atoms with E-state index in [1.165, 1.54) is 0 Å². The lowest BCUT2D eigenvalue weighted by Crippen LogP contribution is -1.86. The van der Waals surface area contributed by atoms with Gasteiger partial charge in [-0.05, 0) is 29.6 Å². The molecule has 0 aliphatic rings. The normalized spacial score (nSPS) is 13.4. The van der Waals surface area contributed by atoms with Gasteiger partial charge in [0.15, 0.2) is 0 Å². The quantitative estimate of drug-likeness (QED) is 0.484. The summed E-state index contributed by atoms with van der Waals surface area (Å²) in [5.41, 5.74) is 2.80. The first-order valence-corrected chi connectivity index (χ1v) is 6.63. The summed E-state index contributed by atoms with van der Waals surface area (Å²) in [6.07, 6.45) is -1.55. The molecule has 4 rings (SSSR count). The second kappa shape index (κ2) is 4.53. The molecule has 0 aliphatic heterocycles. The van der Waals surface area contributed by atoms with E-state index < -0.39 is 6.37 Å². The van der Waals surface area contributed by atoms with Crippen LogP contribution in [0.3, 0.4) is 0 Å². The van der Waals surface area contributed by atoms with Crippen LogP contribution in [0, 0.1) is 0 Å². The Morgan fingerprint density at radius 3 is 2.35 bits per heavy atom. The summed E-state index contributed by atoms with van der Waals surface area (Å²) in [7, 11) is 0. The van der Waals surface area contributed by atoms with Crippen molar-refractivity contribution in [2.45, 2.75) is 6.37 Å². The number of hydrogen-bond acceptors (Lipinski definition) is 1. The molecular weight excluding hydrogens is 244 g/mol. The Labute approximate surface area is 120 Å². The van der Waals surface area contributed by atoms with Crippen molar-refractivity contribution in [3.63, 3.8) is 0 Å². The van der Waals surface area contributed by atoms with Gasteiger partial charge in [0.1, 0.15) is 11.2 Å². The summed E-state index contributed by atoms with van der Waals surface area (Å²) in [5.74, 6) is 0. The topological polar surface area (TPSA) is 13.1 Å². The maximum atomic E-state index is 8.44. The predicted molar refractivity (Wildman–Crippen MR) is 83.0 cm³/mol. The Bertz CT molecular complexity index is 955. The third-order valence-corrected chi connectivity index (χ3v) is 3.44. The highest BCUT2D eigenvalue weighted by molar-refractivity contribution is 6.04. The van der Waals surface area contributed by atoms with Crippen molar-refractivity contribution in [2.75, 3.05) is 0 Å². The molecule has 0 atom stereocenters. The van der Waals surface area contributed by atoms with Crippen LogP contribution in [0.25, 0.3) is 21.9 Å². The number of furan rings is 1. The SMILES string of the molecule is [2H]C([2H])(c1ccccc1)c1ccc2c(c1)oc1ccccc12. The Kier molecular flexibility index (Phi) is 2.13. The summed E-state index contributed by atoms with van der Waals surface area (Å²) in [5, 5.41) is 2.08. The van der Waals surface area contributed by atoms with Crippen LogP contribution in [-0.2, 0) is 6.37 Å². The van der Waals surface area contributed by atoms with E-state index in [0.717, 1.165) is 21.9 Å². The van der Waals surface area contributed by atoms with E-state index in [0.29, 0.717) is 11.1 Å². The van der Waals surface area contributed by atoms with E-state index in [1.54, 1.807) is 0 Å². The third kappa shape index (κ3) is 1.88. The van der Waals surface area contributed by atoms with Crippen LogP contribution in [0.4, 0.5) is 0 Å². The molecule has 0 bridgehead atoms. The first-order chi connectivity index (χ1) is 10.7. The van der Waals surface area contributed by atoms with Crippen molar-refractivity contribution in [1.82, 2.24) is 0 Å². The van der Waals surface area contributed by atoms with Crippen LogP contribution in [-0.4, -0.2) is 0 Å². The first kappa shape index (κ1) is 9.38. The molecule has 1 heteroatoms. The first-order valence-electron chi connectivity index (χ1n) is 7.63. The zero-order chi connectivity index (χ0) is 15.2. The van der Waals surface area contributed by atoms with Crippen molar-refractivity contribution in [3.05, 3.63) is 83.9 Å². The zero-order valence-electron chi connectivity index (χ0n) is 12.8. The average molecular weight is 260 g/mol. The van der Waals surface area contributed by atoms with Gasteiger partial charge in [-0.1, -0.05) is 60.7 Å². The van der Waals surface area contributed by atoms with Gasteiger partial charge in [0.2, 0.25) is 0 Å². The van der Waals surface area contributed by atoms with Crippen LogP contribution in [0.2, 0.25) is 0 Å². The maximum absolute atomic E-state index is 8.44. The summed E-state index contributed by atoms with van der Waals surface area (Å²) in [4.78, 5) is 0. The Morgan fingerprint density at radius 1 is 0.700 bits per heavy atom. The molecule has 0 unspecified atom stereocenters. The minimum absolute atomic E-state index is 0.602. The van der Waals surface area contributed by atoms with Crippen molar-refractivity contribution < 1.29 is 7.16 Å². The lowest BCUT2D eigenvalue weighted by Gasteiger charge is -2.01. The molecule has 20 heavy (non-hydrogen) atoms. The molecule has 0 saturated heterocycles. The molecule has 96 valence electrons. The van der Waals surface area contributed by atoms with Crippen molar-refractivity contribution >= 4 is 21.9 Å². The van der Waals surface area contributed by atoms with Crippen LogP contribution >= 0.6 is 0 Å². The van der Waals surface area contributed by atoms with Crippen molar-refractivity contribution in [1.29, 1.82) is 0 Å². The highest BCUT2D eigenvalue weighted by atomic mass is 16.3. The molecule has 0 N–H and O–H groups in total. The maximum Gasteiger partial charge on any atom is 0.135 e. The van der Waals surface area contributed by atoms with Gasteiger partial charge in [-0.15, -0.1) is 0 Å². The van der Waals surface area contributed by atoms with Gasteiger partial charge in [0.25, 0.3) is 0 Å². The lowest BCUT2D eigenvalue weighted by molar-refractivity contribution is 0.668. The molecule has 0 fully saturated rings. The lowest BCUT2D eigenvalue weighted by atomic mass is 10.0. The van der Waals surface area contributed by atoms with Crippen LogP contribution < -0.4 is 0 Å². The molecule has 0 amide bonds. The standard InChI is InChI=1S/C19H14O/c1-2-6-14(7-3-1)12-15-10-11-17-16-8-4-5-9-18(16)20-19(17)13-15/h1-11,13H,12H2/i12D2. The molecular formula is C19H14O. The van der Waals surface area contributed by atoms with Crippen LogP contribution in [0.15, 0.2) is 77.2 Å². The highest BCUT2D eigenvalue weighted by Crippen LogP contribution is 2.29. The van der Waals surface area contributed by atoms with Gasteiger partial charge < -0.3 is 4.42 Å². The number of fused-ring (bicyclic) bond motifs is 3. The third-order valence-electron chi connectivity index (χ3n) is 3.44. The van der Waals surface area contributed by atoms with Crippen LogP contribution in [0.1, 0.15) is 13.9 Å². The minimum atomic E-state index is -1.55. The number of rotatable bonds is 2. The molecule has 0 spiro atoms. The van der Waals surface area contributed by atoms with E-state index in [2.05, 4.69) is 0 Å². The van der Waals surface area contributed by atoms with Gasteiger partial charge in [-0.3, -0.25) is 0 Å². The molecule has 4 aromatic rings. The smallest absolute Gasteiger partial charge is 0.135 e. The number of para-hydroxylation sites is 1. The number of benzene rings is 3. The zero-order valence-corrected chi connectivity index (χ0v) is 10.8. The summed E-state index contributed by atoms with van der Waals surface area (Å²) in [6.45, 7) is 0. The van der Waals surface area contributed by atoms with E-state index in [4.69, 9.17) is 7.16 Å². The van der Waals surface area contributed by atoms with E-state index in [1.807, 2.05) is 72.8 Å². The van der Waals surface area contributed by atoms with Gasteiger partial charge >= 0.3 is 0 Å². The van der Waals surface area contributed by atoms with Crippen molar-refractivity contribution in [2.24, 2.45) is 0 Å². The number of hydrogen-bond donors (Lipinski definition) is 0. The molecule has 0 aliphatic carbocycles. The molecule has 1 aromatic heterocycles. The molecule has 0 radical (unpaired) electrons. The Hall–Kier alpha value is -2.54. The fraction of sp³-hybridized carbons (Fsp3) is 0.0526. The predicted octanol–water partition coefficient (Wildman–Crippen LogP) is 5.18. The van der Waals surface area contributed by atoms with Gasteiger partial charge in [-0.2, -0.15) is 0 Å². The van der Waals surface area contributed by atoms with E-state index >= 15 is 0 Å². The summed E-state index contributed by atoms with van der Waals surface area (Å²) >= 11 is 0. The second-order valence-corrected chi connectivity index (χ2v) is 4.80. The second-order valence-electron chi connectivity index (χ2n) is 4.80. The fourth-order valence-electron chi connectivity index (χ4n) is 2.49. The molecule has 1 heterocycles. The van der Waals surface area contributed by atoms with Crippen LogP contribution in [0.5, 0.6) is 0 Å². The highest BCUT2D eigenvalue weighted by Gasteiger charge is 2.06.